The molecule has 1 aromatic rings. The van der Waals surface area contributed by atoms with Crippen molar-refractivity contribution in [2.24, 2.45) is 5.92 Å². The molecule has 0 saturated carbocycles. The summed E-state index contributed by atoms with van der Waals surface area (Å²) in [6, 6.07) is 1.41. The molecule has 0 aromatic carbocycles. The van der Waals surface area contributed by atoms with Gasteiger partial charge >= 0.3 is 0 Å². The lowest BCUT2D eigenvalue weighted by molar-refractivity contribution is 0.488. The quantitative estimate of drug-likeness (QED) is 0.750. The molecule has 0 radical (unpaired) electrons. The van der Waals surface area contributed by atoms with Crippen LogP contribution in [0.4, 0.5) is 10.2 Å². The summed E-state index contributed by atoms with van der Waals surface area (Å²) in [5.41, 5.74) is 0. The first-order valence-electron chi connectivity index (χ1n) is 5.78. The van der Waals surface area contributed by atoms with E-state index in [1.54, 1.807) is 6.20 Å². The van der Waals surface area contributed by atoms with Gasteiger partial charge in [0.05, 0.1) is 0 Å². The molecule has 0 saturated heterocycles. The number of aromatic nitrogens is 1. The number of pyridine rings is 1. The number of nitrogens with zero attached hydrogens (tertiary/aromatic N) is 1. The van der Waals surface area contributed by atoms with Crippen LogP contribution in [-0.2, 0) is 0 Å². The van der Waals surface area contributed by atoms with Crippen molar-refractivity contribution in [2.75, 3.05) is 17.7 Å². The highest BCUT2D eigenvalue weighted by Crippen LogP contribution is 2.18. The summed E-state index contributed by atoms with van der Waals surface area (Å²) in [6.45, 7) is 2.85. The Balaban J connectivity index is 2.52. The van der Waals surface area contributed by atoms with Crippen molar-refractivity contribution in [3.05, 3.63) is 22.6 Å². The van der Waals surface area contributed by atoms with Crippen LogP contribution < -0.4 is 5.32 Å². The molecule has 17 heavy (non-hydrogen) atoms. The molecule has 0 aliphatic rings. The van der Waals surface area contributed by atoms with Gasteiger partial charge in [-0.2, -0.15) is 0 Å². The largest absolute Gasteiger partial charge is 0.367 e. The molecule has 1 aromatic heterocycles. The normalized spacial score (nSPS) is 12.5. The van der Waals surface area contributed by atoms with Crippen molar-refractivity contribution in [1.29, 1.82) is 0 Å². The Morgan fingerprint density at radius 1 is 1.53 bits per heavy atom. The van der Waals surface area contributed by atoms with Gasteiger partial charge in [0.1, 0.15) is 0 Å². The molecule has 1 heterocycles. The molecule has 0 bridgehead atoms. The fourth-order valence-corrected chi connectivity index (χ4v) is 2.31. The molecule has 0 amide bonds. The highest BCUT2D eigenvalue weighted by Gasteiger charge is 2.09. The first-order valence-corrected chi connectivity index (χ1v) is 7.11. The lowest BCUT2D eigenvalue weighted by Crippen LogP contribution is -2.16. The second-order valence-electron chi connectivity index (χ2n) is 4.00. The van der Waals surface area contributed by atoms with Crippen LogP contribution in [0, 0.1) is 11.7 Å². The molecule has 2 nitrogen and oxygen atoms in total. The molecule has 5 heteroatoms. The third-order valence-electron chi connectivity index (χ3n) is 2.58. The summed E-state index contributed by atoms with van der Waals surface area (Å²) in [5.74, 6) is 1.09. The summed E-state index contributed by atoms with van der Waals surface area (Å²) in [5, 5.41) is 3.04. The monoisotopic (exact) mass is 322 g/mol. The highest BCUT2D eigenvalue weighted by molar-refractivity contribution is 9.10. The molecule has 1 rings (SSSR count). The van der Waals surface area contributed by atoms with E-state index in [1.165, 1.54) is 6.07 Å². The van der Waals surface area contributed by atoms with Crippen LogP contribution in [0.1, 0.15) is 26.2 Å². The van der Waals surface area contributed by atoms with Gasteiger partial charge in [-0.05, 0) is 40.8 Å². The van der Waals surface area contributed by atoms with Crippen molar-refractivity contribution < 1.29 is 4.39 Å². The Morgan fingerprint density at radius 3 is 2.88 bits per heavy atom. The molecule has 1 unspecified atom stereocenters. The first-order chi connectivity index (χ1) is 8.17. The highest BCUT2D eigenvalue weighted by atomic mass is 79.9. The van der Waals surface area contributed by atoms with E-state index in [0.29, 0.717) is 28.6 Å². The predicted octanol–water partition coefficient (Wildman–Crippen LogP) is 4.44. The molecule has 1 atom stereocenters. The van der Waals surface area contributed by atoms with Gasteiger partial charge in [0.25, 0.3) is 0 Å². The van der Waals surface area contributed by atoms with Crippen LogP contribution in [-0.4, -0.2) is 17.4 Å². The van der Waals surface area contributed by atoms with Gasteiger partial charge in [-0.1, -0.05) is 13.3 Å². The Labute approximate surface area is 115 Å². The number of anilines is 1. The standard InChI is InChI=1S/C12H17BrClFN2/c1-2-3-9(4-5-14)7-16-12-11(15)6-10(13)8-17-12/h6,8-9H,2-5,7H2,1H3,(H,16,17). The van der Waals surface area contributed by atoms with E-state index in [0.717, 1.165) is 19.3 Å². The zero-order valence-corrected chi connectivity index (χ0v) is 12.2. The minimum absolute atomic E-state index is 0.309. The number of hydrogen-bond donors (Lipinski definition) is 1. The van der Waals surface area contributed by atoms with E-state index in [9.17, 15) is 4.39 Å². The summed E-state index contributed by atoms with van der Waals surface area (Å²) >= 11 is 8.92. The molecular formula is C12H17BrClFN2. The van der Waals surface area contributed by atoms with Gasteiger partial charge < -0.3 is 5.32 Å². The molecule has 0 aliphatic carbocycles. The minimum Gasteiger partial charge on any atom is -0.367 e. The second-order valence-corrected chi connectivity index (χ2v) is 5.29. The van der Waals surface area contributed by atoms with Crippen LogP contribution in [0.2, 0.25) is 0 Å². The Morgan fingerprint density at radius 2 is 2.29 bits per heavy atom. The van der Waals surface area contributed by atoms with Gasteiger partial charge in [0.15, 0.2) is 11.6 Å². The summed E-state index contributed by atoms with van der Waals surface area (Å²) < 4.78 is 14.1. The lowest BCUT2D eigenvalue weighted by atomic mass is 10.0. The minimum atomic E-state index is -0.333. The zero-order valence-electron chi connectivity index (χ0n) is 9.85. The Hall–Kier alpha value is -0.350. The Kier molecular flexibility index (Phi) is 6.82. The molecule has 96 valence electrons. The fourth-order valence-electron chi connectivity index (χ4n) is 1.70. The number of hydrogen-bond acceptors (Lipinski definition) is 2. The fraction of sp³-hybridized carbons (Fsp3) is 0.583. The SMILES string of the molecule is CCCC(CCCl)CNc1ncc(Br)cc1F. The van der Waals surface area contributed by atoms with Crippen LogP contribution >= 0.6 is 27.5 Å². The maximum atomic E-state index is 13.5. The first kappa shape index (κ1) is 14.7. The number of alkyl halides is 1. The number of halogens is 3. The average molecular weight is 324 g/mol. The summed E-state index contributed by atoms with van der Waals surface area (Å²) in [4.78, 5) is 4.00. The van der Waals surface area contributed by atoms with Gasteiger partial charge in [-0.15, -0.1) is 11.6 Å². The smallest absolute Gasteiger partial charge is 0.166 e. The van der Waals surface area contributed by atoms with E-state index < -0.39 is 0 Å². The maximum Gasteiger partial charge on any atom is 0.166 e. The van der Waals surface area contributed by atoms with Crippen molar-refractivity contribution in [3.8, 4) is 0 Å². The van der Waals surface area contributed by atoms with Crippen molar-refractivity contribution >= 4 is 33.3 Å². The van der Waals surface area contributed by atoms with E-state index in [4.69, 9.17) is 11.6 Å². The van der Waals surface area contributed by atoms with E-state index in [-0.39, 0.29) is 5.82 Å². The van der Waals surface area contributed by atoms with Crippen LogP contribution in [0.15, 0.2) is 16.7 Å². The van der Waals surface area contributed by atoms with Gasteiger partial charge in [-0.25, -0.2) is 9.37 Å². The molecule has 1 N–H and O–H groups in total. The van der Waals surface area contributed by atoms with E-state index >= 15 is 0 Å². The van der Waals surface area contributed by atoms with Crippen LogP contribution in [0.25, 0.3) is 0 Å². The molecule has 0 aliphatic heterocycles. The number of nitrogens with one attached hydrogen (secondary N) is 1. The molecular weight excluding hydrogens is 307 g/mol. The van der Waals surface area contributed by atoms with E-state index in [1.807, 2.05) is 0 Å². The average Bonchev–Trinajstić information content (AvgIpc) is 2.28. The van der Waals surface area contributed by atoms with Crippen molar-refractivity contribution in [2.45, 2.75) is 26.2 Å². The maximum absolute atomic E-state index is 13.5. The predicted molar refractivity (Wildman–Crippen MR) is 74.1 cm³/mol. The topological polar surface area (TPSA) is 24.9 Å². The van der Waals surface area contributed by atoms with Gasteiger partial charge in [-0.3, -0.25) is 0 Å². The van der Waals surface area contributed by atoms with Crippen molar-refractivity contribution in [1.82, 2.24) is 4.98 Å². The summed E-state index contributed by atoms with van der Waals surface area (Å²) in [6.07, 6.45) is 4.74. The van der Waals surface area contributed by atoms with Crippen LogP contribution in [0.5, 0.6) is 0 Å². The number of rotatable bonds is 7. The van der Waals surface area contributed by atoms with Gasteiger partial charge in [0, 0.05) is 23.1 Å². The zero-order chi connectivity index (χ0) is 12.7. The molecule has 0 fully saturated rings. The Bertz CT molecular complexity index is 343. The van der Waals surface area contributed by atoms with E-state index in [2.05, 4.69) is 33.2 Å². The third-order valence-corrected chi connectivity index (χ3v) is 3.23. The lowest BCUT2D eigenvalue weighted by Gasteiger charge is -2.16. The van der Waals surface area contributed by atoms with Gasteiger partial charge in [0.2, 0.25) is 0 Å². The molecule has 0 spiro atoms. The second kappa shape index (κ2) is 7.88. The summed E-state index contributed by atoms with van der Waals surface area (Å²) in [7, 11) is 0. The van der Waals surface area contributed by atoms with Crippen molar-refractivity contribution in [3.63, 3.8) is 0 Å². The van der Waals surface area contributed by atoms with Crippen LogP contribution in [0.3, 0.4) is 0 Å². The third kappa shape index (κ3) is 5.21.